The molecule has 2 rings (SSSR count). The Morgan fingerprint density at radius 2 is 2.06 bits per heavy atom. The van der Waals surface area contributed by atoms with E-state index in [0.29, 0.717) is 12.2 Å². The molecule has 1 aromatic heterocycles. The van der Waals surface area contributed by atoms with Crippen LogP contribution in [0.5, 0.6) is 0 Å². The van der Waals surface area contributed by atoms with E-state index in [9.17, 15) is 9.59 Å². The van der Waals surface area contributed by atoms with Crippen molar-refractivity contribution in [2.24, 2.45) is 0 Å². The lowest BCUT2D eigenvalue weighted by atomic mass is 10.1. The molecule has 3 N–H and O–H groups in total. The summed E-state index contributed by atoms with van der Waals surface area (Å²) in [4.78, 5) is 24.9. The number of aryl methyl sites for hydroxylation is 1. The Balaban J connectivity index is 2.43. The average molecular weight is 246 g/mol. The first-order valence-electron chi connectivity index (χ1n) is 5.67. The number of aromatic nitrogens is 1. The van der Waals surface area contributed by atoms with Crippen LogP contribution in [0.3, 0.4) is 0 Å². The molecule has 0 aliphatic rings. The fourth-order valence-electron chi connectivity index (χ4n) is 1.97. The number of benzene rings is 1. The van der Waals surface area contributed by atoms with Crippen LogP contribution in [0.1, 0.15) is 18.9 Å². The maximum absolute atomic E-state index is 11.1. The average Bonchev–Trinajstić information content (AvgIpc) is 2.62. The number of aromatic amines is 1. The molecular formula is C13H14N2O3. The molecule has 0 atom stereocenters. The zero-order valence-corrected chi connectivity index (χ0v) is 9.99. The van der Waals surface area contributed by atoms with Gasteiger partial charge in [-0.05, 0) is 12.5 Å². The largest absolute Gasteiger partial charge is 0.481 e. The zero-order chi connectivity index (χ0) is 13.1. The van der Waals surface area contributed by atoms with E-state index in [0.717, 1.165) is 16.5 Å². The molecule has 0 fully saturated rings. The van der Waals surface area contributed by atoms with Crippen molar-refractivity contribution in [3.63, 3.8) is 0 Å². The van der Waals surface area contributed by atoms with Crippen molar-refractivity contribution in [1.82, 2.24) is 4.98 Å². The molecule has 0 bridgehead atoms. The van der Waals surface area contributed by atoms with Gasteiger partial charge < -0.3 is 15.4 Å². The van der Waals surface area contributed by atoms with Gasteiger partial charge in [0.1, 0.15) is 5.82 Å². The number of hydrogen-bond acceptors (Lipinski definition) is 2. The number of fused-ring (bicyclic) bond motifs is 1. The molecule has 1 aromatic carbocycles. The van der Waals surface area contributed by atoms with E-state index in [2.05, 4.69) is 10.3 Å². The van der Waals surface area contributed by atoms with E-state index in [1.165, 1.54) is 6.92 Å². The van der Waals surface area contributed by atoms with Crippen LogP contribution in [0.2, 0.25) is 0 Å². The summed E-state index contributed by atoms with van der Waals surface area (Å²) in [5.41, 5.74) is 1.73. The van der Waals surface area contributed by atoms with Crippen molar-refractivity contribution in [2.75, 3.05) is 5.32 Å². The van der Waals surface area contributed by atoms with Gasteiger partial charge in [0.2, 0.25) is 5.91 Å². The van der Waals surface area contributed by atoms with Crippen LogP contribution in [0.15, 0.2) is 24.3 Å². The molecule has 0 unspecified atom stereocenters. The number of hydrogen-bond donors (Lipinski definition) is 3. The highest BCUT2D eigenvalue weighted by Crippen LogP contribution is 2.27. The molecule has 0 saturated heterocycles. The van der Waals surface area contributed by atoms with E-state index in [-0.39, 0.29) is 12.3 Å². The van der Waals surface area contributed by atoms with Crippen LogP contribution in [-0.2, 0) is 16.0 Å². The highest BCUT2D eigenvalue weighted by atomic mass is 16.4. The maximum Gasteiger partial charge on any atom is 0.303 e. The van der Waals surface area contributed by atoms with Crippen LogP contribution in [0.25, 0.3) is 10.9 Å². The molecule has 5 nitrogen and oxygen atoms in total. The monoisotopic (exact) mass is 246 g/mol. The summed E-state index contributed by atoms with van der Waals surface area (Å²) in [6.07, 6.45) is 0.420. The number of carbonyl (C=O) groups is 2. The molecule has 1 amide bonds. The fourth-order valence-corrected chi connectivity index (χ4v) is 1.97. The van der Waals surface area contributed by atoms with Crippen LogP contribution >= 0.6 is 0 Å². The van der Waals surface area contributed by atoms with Crippen molar-refractivity contribution in [2.45, 2.75) is 19.8 Å². The number of para-hydroxylation sites is 1. The number of carbonyl (C=O) groups excluding carboxylic acids is 1. The molecule has 5 heteroatoms. The quantitative estimate of drug-likeness (QED) is 0.773. The predicted octanol–water partition coefficient (Wildman–Crippen LogP) is 2.14. The molecule has 18 heavy (non-hydrogen) atoms. The maximum atomic E-state index is 11.1. The SMILES string of the molecule is CC(=O)Nc1[nH]c2ccccc2c1CCC(=O)O. The fraction of sp³-hybridized carbons (Fsp3) is 0.231. The minimum absolute atomic E-state index is 0.0361. The van der Waals surface area contributed by atoms with Crippen molar-refractivity contribution in [1.29, 1.82) is 0 Å². The van der Waals surface area contributed by atoms with Crippen molar-refractivity contribution >= 4 is 28.6 Å². The number of aliphatic carboxylic acids is 1. The van der Waals surface area contributed by atoms with Crippen LogP contribution in [0.4, 0.5) is 5.82 Å². The smallest absolute Gasteiger partial charge is 0.303 e. The second-order valence-corrected chi connectivity index (χ2v) is 4.10. The molecule has 94 valence electrons. The van der Waals surface area contributed by atoms with E-state index in [1.54, 1.807) is 0 Å². The van der Waals surface area contributed by atoms with Gasteiger partial charge in [-0.2, -0.15) is 0 Å². The normalized spacial score (nSPS) is 10.5. The van der Waals surface area contributed by atoms with Gasteiger partial charge in [-0.25, -0.2) is 0 Å². The molecule has 1 heterocycles. The summed E-state index contributed by atoms with van der Waals surface area (Å²) in [7, 11) is 0. The van der Waals surface area contributed by atoms with Gasteiger partial charge in [-0.1, -0.05) is 18.2 Å². The molecule has 0 spiro atoms. The second-order valence-electron chi connectivity index (χ2n) is 4.10. The van der Waals surface area contributed by atoms with Gasteiger partial charge >= 0.3 is 5.97 Å². The lowest BCUT2D eigenvalue weighted by Crippen LogP contribution is -2.08. The summed E-state index contributed by atoms with van der Waals surface area (Å²) >= 11 is 0. The van der Waals surface area contributed by atoms with Crippen molar-refractivity contribution in [3.05, 3.63) is 29.8 Å². The van der Waals surface area contributed by atoms with Crippen LogP contribution in [-0.4, -0.2) is 22.0 Å². The number of anilines is 1. The summed E-state index contributed by atoms with van der Waals surface area (Å²) in [5, 5.41) is 12.4. The third-order valence-electron chi connectivity index (χ3n) is 2.70. The zero-order valence-electron chi connectivity index (χ0n) is 9.99. The predicted molar refractivity (Wildman–Crippen MR) is 68.6 cm³/mol. The number of rotatable bonds is 4. The number of nitrogens with one attached hydrogen (secondary N) is 2. The second kappa shape index (κ2) is 4.91. The summed E-state index contributed by atoms with van der Waals surface area (Å²) in [5.74, 6) is -0.447. The first kappa shape index (κ1) is 12.2. The van der Waals surface area contributed by atoms with Crippen LogP contribution < -0.4 is 5.32 Å². The molecule has 2 aromatic rings. The van der Waals surface area contributed by atoms with E-state index < -0.39 is 5.97 Å². The van der Waals surface area contributed by atoms with Gasteiger partial charge in [-0.15, -0.1) is 0 Å². The first-order chi connectivity index (χ1) is 8.58. The van der Waals surface area contributed by atoms with Gasteiger partial charge in [0.05, 0.1) is 0 Å². The van der Waals surface area contributed by atoms with E-state index >= 15 is 0 Å². The number of amides is 1. The number of carboxylic acids is 1. The summed E-state index contributed by atoms with van der Waals surface area (Å²) in [6.45, 7) is 1.42. The lowest BCUT2D eigenvalue weighted by Gasteiger charge is -2.03. The molecular weight excluding hydrogens is 232 g/mol. The van der Waals surface area contributed by atoms with Crippen LogP contribution in [0, 0.1) is 0 Å². The van der Waals surface area contributed by atoms with Crippen molar-refractivity contribution < 1.29 is 14.7 Å². The lowest BCUT2D eigenvalue weighted by molar-refractivity contribution is -0.136. The Kier molecular flexibility index (Phi) is 3.32. The molecule has 0 aliphatic heterocycles. The van der Waals surface area contributed by atoms with E-state index in [4.69, 9.17) is 5.11 Å². The third kappa shape index (κ3) is 2.51. The standard InChI is InChI=1S/C13H14N2O3/c1-8(16)14-13-10(6-7-12(17)18)9-4-2-3-5-11(9)15-13/h2-5,15H,6-7H2,1H3,(H,14,16)(H,17,18). The topological polar surface area (TPSA) is 82.2 Å². The van der Waals surface area contributed by atoms with E-state index in [1.807, 2.05) is 24.3 Å². The Labute approximate surface area is 104 Å². The molecule has 0 saturated carbocycles. The highest BCUT2D eigenvalue weighted by Gasteiger charge is 2.13. The number of H-pyrrole nitrogens is 1. The van der Waals surface area contributed by atoms with Gasteiger partial charge in [0.25, 0.3) is 0 Å². The Morgan fingerprint density at radius 3 is 2.72 bits per heavy atom. The van der Waals surface area contributed by atoms with Gasteiger partial charge in [-0.3, -0.25) is 9.59 Å². The molecule has 0 radical (unpaired) electrons. The number of carboxylic acid groups (broad SMARTS) is 1. The minimum atomic E-state index is -0.853. The minimum Gasteiger partial charge on any atom is -0.481 e. The summed E-state index contributed by atoms with van der Waals surface area (Å²) < 4.78 is 0. The Morgan fingerprint density at radius 1 is 1.33 bits per heavy atom. The first-order valence-corrected chi connectivity index (χ1v) is 5.67. The Bertz CT molecular complexity index is 601. The Hall–Kier alpha value is -2.30. The van der Waals surface area contributed by atoms with Gasteiger partial charge in [0, 0.05) is 29.8 Å². The third-order valence-corrected chi connectivity index (χ3v) is 2.70. The molecule has 0 aliphatic carbocycles. The highest BCUT2D eigenvalue weighted by molar-refractivity contribution is 5.96. The summed E-state index contributed by atoms with van der Waals surface area (Å²) in [6, 6.07) is 7.58. The van der Waals surface area contributed by atoms with Crippen molar-refractivity contribution in [3.8, 4) is 0 Å². The van der Waals surface area contributed by atoms with Gasteiger partial charge in [0.15, 0.2) is 0 Å².